The van der Waals surface area contributed by atoms with Gasteiger partial charge in [-0.05, 0) is 19.4 Å². The third-order valence-electron chi connectivity index (χ3n) is 3.86. The zero-order valence-electron chi connectivity index (χ0n) is 11.3. The Hall–Kier alpha value is -0.590. The van der Waals surface area contributed by atoms with Gasteiger partial charge in [-0.25, -0.2) is 0 Å². The molecule has 1 saturated carbocycles. The van der Waals surface area contributed by atoms with Crippen molar-refractivity contribution in [2.45, 2.75) is 44.2 Å². The number of likely N-dealkylation sites (N-methyl/N-ethyl adjacent to an activating group) is 1. The zero-order chi connectivity index (χ0) is 13.1. The predicted octanol–water partition coefficient (Wildman–Crippen LogP) is 2.12. The standard InChI is InChI=1S/C13H21N3O2S/c1-2-14-10-5-3-4-9(10)13-15-12(16-18-13)11-8-19-7-6-17-11/h9-11,14H,2-8H2,1H3. The van der Waals surface area contributed by atoms with Gasteiger partial charge in [-0.3, -0.25) is 0 Å². The molecule has 2 heterocycles. The van der Waals surface area contributed by atoms with E-state index >= 15 is 0 Å². The molecule has 5 nitrogen and oxygen atoms in total. The Balaban J connectivity index is 1.69. The molecule has 0 amide bonds. The van der Waals surface area contributed by atoms with Crippen LogP contribution in [0.15, 0.2) is 4.52 Å². The van der Waals surface area contributed by atoms with Crippen molar-refractivity contribution < 1.29 is 9.26 Å². The number of nitrogens with zero attached hydrogens (tertiary/aromatic N) is 2. The molecular weight excluding hydrogens is 262 g/mol. The molecule has 1 aromatic rings. The maximum absolute atomic E-state index is 5.69. The van der Waals surface area contributed by atoms with Crippen LogP contribution >= 0.6 is 11.8 Å². The van der Waals surface area contributed by atoms with Gasteiger partial charge in [0.2, 0.25) is 11.7 Å². The Morgan fingerprint density at radius 1 is 1.42 bits per heavy atom. The molecule has 3 unspecified atom stereocenters. The van der Waals surface area contributed by atoms with Crippen LogP contribution in [0.1, 0.15) is 49.9 Å². The van der Waals surface area contributed by atoms with Gasteiger partial charge in [-0.1, -0.05) is 18.5 Å². The number of thioether (sulfide) groups is 1. The summed E-state index contributed by atoms with van der Waals surface area (Å²) in [6.45, 7) is 3.91. The minimum absolute atomic E-state index is 0.00948. The molecule has 3 atom stereocenters. The van der Waals surface area contributed by atoms with Gasteiger partial charge in [0.25, 0.3) is 0 Å². The zero-order valence-corrected chi connectivity index (χ0v) is 12.1. The second-order valence-electron chi connectivity index (χ2n) is 5.13. The molecule has 1 aliphatic heterocycles. The Morgan fingerprint density at radius 2 is 2.37 bits per heavy atom. The lowest BCUT2D eigenvalue weighted by Gasteiger charge is -2.19. The molecule has 2 aliphatic rings. The van der Waals surface area contributed by atoms with Crippen molar-refractivity contribution >= 4 is 11.8 Å². The van der Waals surface area contributed by atoms with E-state index in [4.69, 9.17) is 9.26 Å². The monoisotopic (exact) mass is 283 g/mol. The van der Waals surface area contributed by atoms with E-state index in [0.717, 1.165) is 42.8 Å². The Morgan fingerprint density at radius 3 is 3.16 bits per heavy atom. The molecule has 1 aromatic heterocycles. The largest absolute Gasteiger partial charge is 0.368 e. The van der Waals surface area contributed by atoms with E-state index in [1.54, 1.807) is 0 Å². The average molecular weight is 283 g/mol. The van der Waals surface area contributed by atoms with Gasteiger partial charge in [0, 0.05) is 17.5 Å². The highest BCUT2D eigenvalue weighted by Gasteiger charge is 2.33. The number of nitrogens with one attached hydrogen (secondary N) is 1. The van der Waals surface area contributed by atoms with Crippen LogP contribution in [0.4, 0.5) is 0 Å². The van der Waals surface area contributed by atoms with Crippen molar-refractivity contribution in [3.8, 4) is 0 Å². The fourth-order valence-electron chi connectivity index (χ4n) is 2.93. The lowest BCUT2D eigenvalue weighted by molar-refractivity contribution is 0.0677. The normalized spacial score (nSPS) is 31.7. The third kappa shape index (κ3) is 2.95. The average Bonchev–Trinajstić information content (AvgIpc) is 3.08. The number of rotatable bonds is 4. The summed E-state index contributed by atoms with van der Waals surface area (Å²) in [4.78, 5) is 4.59. The van der Waals surface area contributed by atoms with Crippen LogP contribution in [0, 0.1) is 0 Å². The Bertz CT molecular complexity index is 406. The van der Waals surface area contributed by atoms with Gasteiger partial charge in [0.05, 0.1) is 12.5 Å². The predicted molar refractivity (Wildman–Crippen MR) is 74.4 cm³/mol. The van der Waals surface area contributed by atoms with Crippen LogP contribution < -0.4 is 5.32 Å². The van der Waals surface area contributed by atoms with Crippen molar-refractivity contribution in [3.63, 3.8) is 0 Å². The van der Waals surface area contributed by atoms with E-state index < -0.39 is 0 Å². The van der Waals surface area contributed by atoms with Crippen molar-refractivity contribution in [1.82, 2.24) is 15.5 Å². The van der Waals surface area contributed by atoms with Crippen LogP contribution in [0.2, 0.25) is 0 Å². The molecule has 1 saturated heterocycles. The smallest absolute Gasteiger partial charge is 0.231 e. The van der Waals surface area contributed by atoms with E-state index in [0.29, 0.717) is 12.0 Å². The number of ether oxygens (including phenoxy) is 1. The van der Waals surface area contributed by atoms with Gasteiger partial charge < -0.3 is 14.6 Å². The lowest BCUT2D eigenvalue weighted by atomic mass is 10.0. The summed E-state index contributed by atoms with van der Waals surface area (Å²) < 4.78 is 11.2. The first-order valence-electron chi connectivity index (χ1n) is 7.14. The minimum Gasteiger partial charge on any atom is -0.368 e. The first-order valence-corrected chi connectivity index (χ1v) is 8.30. The lowest BCUT2D eigenvalue weighted by Crippen LogP contribution is -2.31. The minimum atomic E-state index is 0.00948. The Labute approximate surface area is 117 Å². The van der Waals surface area contributed by atoms with Crippen LogP contribution in [0.5, 0.6) is 0 Å². The highest BCUT2D eigenvalue weighted by molar-refractivity contribution is 7.99. The topological polar surface area (TPSA) is 60.2 Å². The van der Waals surface area contributed by atoms with Crippen LogP contribution in [-0.2, 0) is 4.74 Å². The van der Waals surface area contributed by atoms with E-state index in [9.17, 15) is 0 Å². The second kappa shape index (κ2) is 6.24. The molecular formula is C13H21N3O2S. The molecule has 19 heavy (non-hydrogen) atoms. The van der Waals surface area contributed by atoms with Crippen LogP contribution in [-0.4, -0.2) is 40.8 Å². The fourth-order valence-corrected chi connectivity index (χ4v) is 3.77. The SMILES string of the molecule is CCNC1CCCC1c1nc(C2CSCCO2)no1. The highest BCUT2D eigenvalue weighted by Crippen LogP contribution is 2.34. The summed E-state index contributed by atoms with van der Waals surface area (Å²) in [5, 5.41) is 7.65. The Kier molecular flexibility index (Phi) is 4.40. The molecule has 2 fully saturated rings. The molecule has 0 aromatic carbocycles. The van der Waals surface area contributed by atoms with E-state index in [1.807, 2.05) is 11.8 Å². The number of aromatic nitrogens is 2. The maximum Gasteiger partial charge on any atom is 0.231 e. The second-order valence-corrected chi connectivity index (χ2v) is 6.28. The van der Waals surface area contributed by atoms with Gasteiger partial charge >= 0.3 is 0 Å². The quantitative estimate of drug-likeness (QED) is 0.913. The molecule has 6 heteroatoms. The molecule has 1 N–H and O–H groups in total. The summed E-state index contributed by atoms with van der Waals surface area (Å²) in [5.41, 5.74) is 0. The van der Waals surface area contributed by atoms with Crippen molar-refractivity contribution in [2.75, 3.05) is 24.7 Å². The van der Waals surface area contributed by atoms with E-state index in [2.05, 4.69) is 22.4 Å². The first-order chi connectivity index (χ1) is 9.38. The van der Waals surface area contributed by atoms with Gasteiger partial charge in [-0.2, -0.15) is 16.7 Å². The summed E-state index contributed by atoms with van der Waals surface area (Å²) in [6, 6.07) is 0.486. The van der Waals surface area contributed by atoms with Gasteiger partial charge in [0.1, 0.15) is 6.10 Å². The number of hydrogen-bond donors (Lipinski definition) is 1. The summed E-state index contributed by atoms with van der Waals surface area (Å²) in [6.07, 6.45) is 3.58. The van der Waals surface area contributed by atoms with Crippen molar-refractivity contribution in [1.29, 1.82) is 0 Å². The summed E-state index contributed by atoms with van der Waals surface area (Å²) in [5.74, 6) is 3.88. The summed E-state index contributed by atoms with van der Waals surface area (Å²) in [7, 11) is 0. The van der Waals surface area contributed by atoms with Gasteiger partial charge in [0.15, 0.2) is 0 Å². The maximum atomic E-state index is 5.69. The van der Waals surface area contributed by atoms with E-state index in [-0.39, 0.29) is 6.10 Å². The fraction of sp³-hybridized carbons (Fsp3) is 0.846. The highest BCUT2D eigenvalue weighted by atomic mass is 32.2. The third-order valence-corrected chi connectivity index (χ3v) is 4.85. The van der Waals surface area contributed by atoms with Crippen molar-refractivity contribution in [3.05, 3.63) is 11.7 Å². The first kappa shape index (κ1) is 13.4. The molecule has 0 spiro atoms. The van der Waals surface area contributed by atoms with Crippen LogP contribution in [0.25, 0.3) is 0 Å². The molecule has 0 bridgehead atoms. The molecule has 1 aliphatic carbocycles. The molecule has 0 radical (unpaired) electrons. The summed E-state index contributed by atoms with van der Waals surface area (Å²) >= 11 is 1.89. The molecule has 3 rings (SSSR count). The van der Waals surface area contributed by atoms with Crippen molar-refractivity contribution in [2.24, 2.45) is 0 Å². The number of hydrogen-bond acceptors (Lipinski definition) is 6. The molecule has 106 valence electrons. The van der Waals surface area contributed by atoms with Gasteiger partial charge in [-0.15, -0.1) is 0 Å². The van der Waals surface area contributed by atoms with Crippen LogP contribution in [0.3, 0.4) is 0 Å². The van der Waals surface area contributed by atoms with E-state index in [1.165, 1.54) is 12.8 Å².